The van der Waals surface area contributed by atoms with Crippen LogP contribution < -0.4 is 0 Å². The third-order valence-electron chi connectivity index (χ3n) is 2.30. The fourth-order valence-electron chi connectivity index (χ4n) is 1.23. The minimum Gasteiger partial charge on any atom is -0.481 e. The Hall–Kier alpha value is -1.02. The molecule has 0 saturated carbocycles. The molecule has 0 aromatic heterocycles. The van der Waals surface area contributed by atoms with Crippen LogP contribution in [0.15, 0.2) is 0 Å². The van der Waals surface area contributed by atoms with E-state index in [9.17, 15) is 19.8 Å². The Balaban J connectivity index is 3.93. The SMILES string of the molecule is O=C(O)CCCCC(=O)[C@@H](O)[C@H](O)[C@H](O)CO. The molecule has 0 heterocycles. The number of carbonyl (C=O) groups is 2. The first-order valence-corrected chi connectivity index (χ1v) is 5.29. The summed E-state index contributed by atoms with van der Waals surface area (Å²) < 4.78 is 0. The zero-order valence-electron chi connectivity index (χ0n) is 9.32. The molecule has 3 atom stereocenters. The first-order chi connectivity index (χ1) is 7.90. The number of unbranched alkanes of at least 4 members (excludes halogenated alkanes) is 1. The molecule has 0 bridgehead atoms. The van der Waals surface area contributed by atoms with Crippen LogP contribution in [0.1, 0.15) is 25.7 Å². The van der Waals surface area contributed by atoms with Crippen molar-refractivity contribution in [2.24, 2.45) is 0 Å². The van der Waals surface area contributed by atoms with Gasteiger partial charge in [-0.2, -0.15) is 0 Å². The summed E-state index contributed by atoms with van der Waals surface area (Å²) in [5.41, 5.74) is 0. The Morgan fingerprint density at radius 3 is 2.00 bits per heavy atom. The monoisotopic (exact) mass is 250 g/mol. The first kappa shape index (κ1) is 16.0. The summed E-state index contributed by atoms with van der Waals surface area (Å²) in [7, 11) is 0. The minimum atomic E-state index is -1.76. The molecule has 0 aliphatic rings. The number of hydrogen-bond donors (Lipinski definition) is 5. The largest absolute Gasteiger partial charge is 0.481 e. The second-order valence-corrected chi connectivity index (χ2v) is 3.75. The molecular formula is C10H18O7. The summed E-state index contributed by atoms with van der Waals surface area (Å²) in [6.07, 6.45) is -4.63. The maximum Gasteiger partial charge on any atom is 0.303 e. The Kier molecular flexibility index (Phi) is 7.64. The number of carboxylic acid groups (broad SMARTS) is 1. The summed E-state index contributed by atoms with van der Waals surface area (Å²) in [6, 6.07) is 0. The zero-order valence-corrected chi connectivity index (χ0v) is 9.32. The second-order valence-electron chi connectivity index (χ2n) is 3.75. The van der Waals surface area contributed by atoms with Crippen LogP contribution in [-0.2, 0) is 9.59 Å². The van der Waals surface area contributed by atoms with Gasteiger partial charge in [0.05, 0.1) is 6.61 Å². The maximum absolute atomic E-state index is 11.3. The van der Waals surface area contributed by atoms with Gasteiger partial charge in [0, 0.05) is 12.8 Å². The van der Waals surface area contributed by atoms with Gasteiger partial charge in [-0.05, 0) is 12.8 Å². The van der Waals surface area contributed by atoms with Gasteiger partial charge in [-0.25, -0.2) is 0 Å². The van der Waals surface area contributed by atoms with E-state index in [1.165, 1.54) is 0 Å². The van der Waals surface area contributed by atoms with Crippen molar-refractivity contribution in [2.45, 2.75) is 44.0 Å². The lowest BCUT2D eigenvalue weighted by molar-refractivity contribution is -0.141. The molecule has 0 spiro atoms. The first-order valence-electron chi connectivity index (χ1n) is 5.29. The van der Waals surface area contributed by atoms with Gasteiger partial charge in [-0.3, -0.25) is 9.59 Å². The smallest absolute Gasteiger partial charge is 0.303 e. The van der Waals surface area contributed by atoms with E-state index in [-0.39, 0.29) is 19.3 Å². The predicted molar refractivity (Wildman–Crippen MR) is 56.2 cm³/mol. The number of carboxylic acids is 1. The molecule has 0 saturated heterocycles. The molecule has 100 valence electrons. The summed E-state index contributed by atoms with van der Waals surface area (Å²) in [4.78, 5) is 21.5. The highest BCUT2D eigenvalue weighted by Crippen LogP contribution is 2.07. The van der Waals surface area contributed by atoms with Gasteiger partial charge < -0.3 is 25.5 Å². The number of ketones is 1. The van der Waals surface area contributed by atoms with E-state index in [2.05, 4.69) is 0 Å². The third-order valence-corrected chi connectivity index (χ3v) is 2.30. The van der Waals surface area contributed by atoms with Crippen molar-refractivity contribution in [3.8, 4) is 0 Å². The summed E-state index contributed by atoms with van der Waals surface area (Å²) in [6.45, 7) is -0.759. The molecule has 0 fully saturated rings. The highest BCUT2D eigenvalue weighted by atomic mass is 16.4. The van der Waals surface area contributed by atoms with E-state index >= 15 is 0 Å². The number of aliphatic carboxylic acids is 1. The van der Waals surface area contributed by atoms with Crippen LogP contribution >= 0.6 is 0 Å². The molecule has 0 aromatic rings. The van der Waals surface area contributed by atoms with Gasteiger partial charge in [0.15, 0.2) is 5.78 Å². The van der Waals surface area contributed by atoms with Crippen molar-refractivity contribution in [2.75, 3.05) is 6.61 Å². The Labute approximate surface area is 98.3 Å². The number of Topliss-reactive ketones (excluding diaryl/α,β-unsaturated/α-hetero) is 1. The summed E-state index contributed by atoms with van der Waals surface area (Å²) in [5.74, 6) is -1.65. The summed E-state index contributed by atoms with van der Waals surface area (Å²) in [5, 5.41) is 44.4. The molecule has 7 heteroatoms. The molecule has 0 rings (SSSR count). The Morgan fingerprint density at radius 2 is 1.53 bits per heavy atom. The van der Waals surface area contributed by atoms with Crippen LogP contribution in [0.5, 0.6) is 0 Å². The van der Waals surface area contributed by atoms with E-state index in [1.54, 1.807) is 0 Å². The Bertz CT molecular complexity index is 253. The van der Waals surface area contributed by atoms with Crippen molar-refractivity contribution < 1.29 is 35.1 Å². The van der Waals surface area contributed by atoms with Gasteiger partial charge in [-0.1, -0.05) is 0 Å². The van der Waals surface area contributed by atoms with Gasteiger partial charge in [0.25, 0.3) is 0 Å². The highest BCUT2D eigenvalue weighted by molar-refractivity contribution is 5.83. The van der Waals surface area contributed by atoms with E-state index in [0.29, 0.717) is 6.42 Å². The fourth-order valence-corrected chi connectivity index (χ4v) is 1.23. The van der Waals surface area contributed by atoms with E-state index < -0.39 is 36.7 Å². The zero-order chi connectivity index (χ0) is 13.4. The van der Waals surface area contributed by atoms with Crippen LogP contribution in [-0.4, -0.2) is 62.2 Å². The number of rotatable bonds is 9. The van der Waals surface area contributed by atoms with Crippen molar-refractivity contribution in [3.63, 3.8) is 0 Å². The van der Waals surface area contributed by atoms with Crippen LogP contribution in [0.4, 0.5) is 0 Å². The molecule has 0 radical (unpaired) electrons. The van der Waals surface area contributed by atoms with Crippen LogP contribution in [0, 0.1) is 0 Å². The number of aliphatic hydroxyl groups is 4. The molecule has 17 heavy (non-hydrogen) atoms. The molecular weight excluding hydrogens is 232 g/mol. The molecule has 5 N–H and O–H groups in total. The van der Waals surface area contributed by atoms with Crippen LogP contribution in [0.2, 0.25) is 0 Å². The lowest BCUT2D eigenvalue weighted by atomic mass is 10.0. The quantitative estimate of drug-likeness (QED) is 0.307. The van der Waals surface area contributed by atoms with E-state index in [1.807, 2.05) is 0 Å². The average Bonchev–Trinajstić information content (AvgIpc) is 2.31. The molecule has 0 aliphatic heterocycles. The van der Waals surface area contributed by atoms with Gasteiger partial charge in [0.1, 0.15) is 18.3 Å². The fraction of sp³-hybridized carbons (Fsp3) is 0.800. The maximum atomic E-state index is 11.3. The topological polar surface area (TPSA) is 135 Å². The molecule has 0 amide bonds. The Morgan fingerprint density at radius 1 is 1.00 bits per heavy atom. The standard InChI is InChI=1S/C10H18O7/c11-5-7(13)10(17)9(16)6(12)3-1-2-4-8(14)15/h7,9-11,13,16-17H,1-5H2,(H,14,15)/t7-,9-,10-/m1/s1. The minimum absolute atomic E-state index is 0.0643. The molecule has 0 unspecified atom stereocenters. The normalized spacial score (nSPS) is 16.2. The second kappa shape index (κ2) is 8.13. The number of aliphatic hydroxyl groups excluding tert-OH is 4. The van der Waals surface area contributed by atoms with Gasteiger partial charge in [-0.15, -0.1) is 0 Å². The lowest BCUT2D eigenvalue weighted by Gasteiger charge is -2.20. The van der Waals surface area contributed by atoms with Crippen molar-refractivity contribution >= 4 is 11.8 Å². The van der Waals surface area contributed by atoms with E-state index in [0.717, 1.165) is 0 Å². The number of hydrogen-bond acceptors (Lipinski definition) is 6. The molecule has 0 aromatic carbocycles. The predicted octanol–water partition coefficient (Wildman–Crippen LogP) is -1.72. The highest BCUT2D eigenvalue weighted by Gasteiger charge is 2.29. The van der Waals surface area contributed by atoms with Crippen LogP contribution in [0.25, 0.3) is 0 Å². The molecule has 7 nitrogen and oxygen atoms in total. The average molecular weight is 250 g/mol. The van der Waals surface area contributed by atoms with Crippen molar-refractivity contribution in [3.05, 3.63) is 0 Å². The number of carbonyl (C=O) groups excluding carboxylic acids is 1. The molecule has 0 aliphatic carbocycles. The van der Waals surface area contributed by atoms with Crippen molar-refractivity contribution in [1.29, 1.82) is 0 Å². The van der Waals surface area contributed by atoms with Crippen LogP contribution in [0.3, 0.4) is 0 Å². The van der Waals surface area contributed by atoms with E-state index in [4.69, 9.17) is 15.3 Å². The lowest BCUT2D eigenvalue weighted by Crippen LogP contribution is -2.43. The van der Waals surface area contributed by atoms with Crippen molar-refractivity contribution in [1.82, 2.24) is 0 Å². The van der Waals surface area contributed by atoms with Gasteiger partial charge >= 0.3 is 5.97 Å². The van der Waals surface area contributed by atoms with Gasteiger partial charge in [0.2, 0.25) is 0 Å². The summed E-state index contributed by atoms with van der Waals surface area (Å²) >= 11 is 0. The third kappa shape index (κ3) is 6.32.